The average Bonchev–Trinajstić information content (AvgIpc) is 2.38. The second kappa shape index (κ2) is 5.44. The second-order valence-corrected chi connectivity index (χ2v) is 4.66. The summed E-state index contributed by atoms with van der Waals surface area (Å²) in [7, 11) is 0. The van der Waals surface area contributed by atoms with Gasteiger partial charge in [0.25, 0.3) is 0 Å². The number of benzene rings is 1. The van der Waals surface area contributed by atoms with Crippen LogP contribution in [0.3, 0.4) is 0 Å². The average molecular weight is 222 g/mol. The lowest BCUT2D eigenvalue weighted by atomic mass is 9.75. The lowest BCUT2D eigenvalue weighted by Gasteiger charge is -2.31. The third kappa shape index (κ3) is 2.27. The first kappa shape index (κ1) is 11.6. The molecule has 0 heterocycles. The van der Waals surface area contributed by atoms with Crippen molar-refractivity contribution in [3.8, 4) is 0 Å². The molecule has 1 N–H and O–H groups in total. The first-order chi connectivity index (χ1) is 7.86. The molecule has 1 saturated carbocycles. The Morgan fingerprint density at radius 2 is 1.94 bits per heavy atom. The van der Waals surface area contributed by atoms with Crippen LogP contribution in [0.4, 0.5) is 4.39 Å². The van der Waals surface area contributed by atoms with Crippen molar-refractivity contribution in [3.05, 3.63) is 35.4 Å². The van der Waals surface area contributed by atoms with Crippen molar-refractivity contribution < 1.29 is 9.50 Å². The van der Waals surface area contributed by atoms with Gasteiger partial charge in [-0.25, -0.2) is 0 Å². The van der Waals surface area contributed by atoms with Crippen molar-refractivity contribution in [2.24, 2.45) is 5.92 Å². The molecular formula is C14H19FO. The standard InChI is InChI=1S/C14H19FO/c15-9-11-5-1-3-7-13(11)14-8-4-2-6-12(14)10-16/h2,4,6,8,11,13,16H,1,3,5,7,9-10H2. The highest BCUT2D eigenvalue weighted by molar-refractivity contribution is 5.30. The van der Waals surface area contributed by atoms with Crippen LogP contribution in [0.25, 0.3) is 0 Å². The number of rotatable bonds is 3. The Bertz CT molecular complexity index is 337. The number of hydrogen-bond donors (Lipinski definition) is 1. The van der Waals surface area contributed by atoms with E-state index in [9.17, 15) is 9.50 Å². The predicted octanol–water partition coefficient (Wildman–Crippen LogP) is 3.42. The summed E-state index contributed by atoms with van der Waals surface area (Å²) in [5.74, 6) is 0.462. The van der Waals surface area contributed by atoms with Crippen LogP contribution in [0.2, 0.25) is 0 Å². The summed E-state index contributed by atoms with van der Waals surface area (Å²) in [5.41, 5.74) is 2.13. The molecule has 16 heavy (non-hydrogen) atoms. The van der Waals surface area contributed by atoms with Crippen LogP contribution < -0.4 is 0 Å². The van der Waals surface area contributed by atoms with Crippen LogP contribution in [0.15, 0.2) is 24.3 Å². The van der Waals surface area contributed by atoms with Crippen molar-refractivity contribution in [3.63, 3.8) is 0 Å². The van der Waals surface area contributed by atoms with Gasteiger partial charge in [0.1, 0.15) is 0 Å². The summed E-state index contributed by atoms with van der Waals surface area (Å²) in [4.78, 5) is 0. The minimum Gasteiger partial charge on any atom is -0.392 e. The van der Waals surface area contributed by atoms with E-state index in [0.29, 0.717) is 5.92 Å². The van der Waals surface area contributed by atoms with E-state index >= 15 is 0 Å². The molecule has 1 aromatic rings. The second-order valence-electron chi connectivity index (χ2n) is 4.66. The van der Waals surface area contributed by atoms with E-state index < -0.39 is 0 Å². The van der Waals surface area contributed by atoms with Crippen molar-refractivity contribution in [1.82, 2.24) is 0 Å². The Labute approximate surface area is 96.3 Å². The number of aliphatic hydroxyl groups excluding tert-OH is 1. The molecule has 0 aromatic heterocycles. The third-order valence-corrected chi connectivity index (χ3v) is 3.73. The number of aliphatic hydroxyl groups is 1. The summed E-state index contributed by atoms with van der Waals surface area (Å²) in [6, 6.07) is 7.91. The molecular weight excluding hydrogens is 203 g/mol. The maximum atomic E-state index is 13.0. The van der Waals surface area contributed by atoms with Crippen LogP contribution in [-0.4, -0.2) is 11.8 Å². The normalized spacial score (nSPS) is 25.6. The smallest absolute Gasteiger partial charge is 0.0928 e. The quantitative estimate of drug-likeness (QED) is 0.830. The van der Waals surface area contributed by atoms with Gasteiger partial charge in [-0.05, 0) is 35.8 Å². The zero-order valence-electron chi connectivity index (χ0n) is 9.53. The molecule has 88 valence electrons. The topological polar surface area (TPSA) is 20.2 Å². The fourth-order valence-electron chi connectivity index (χ4n) is 2.84. The third-order valence-electron chi connectivity index (χ3n) is 3.73. The van der Waals surface area contributed by atoms with Gasteiger partial charge in [0.2, 0.25) is 0 Å². The van der Waals surface area contributed by atoms with Gasteiger partial charge in [-0.3, -0.25) is 4.39 Å². The highest BCUT2D eigenvalue weighted by atomic mass is 19.1. The van der Waals surface area contributed by atoms with Gasteiger partial charge in [-0.15, -0.1) is 0 Å². The maximum absolute atomic E-state index is 13.0. The molecule has 0 spiro atoms. The molecule has 0 aliphatic heterocycles. The van der Waals surface area contributed by atoms with Crippen molar-refractivity contribution >= 4 is 0 Å². The number of alkyl halides is 1. The Hall–Kier alpha value is -0.890. The zero-order chi connectivity index (χ0) is 11.4. The fourth-order valence-corrected chi connectivity index (χ4v) is 2.84. The van der Waals surface area contributed by atoms with Gasteiger partial charge < -0.3 is 5.11 Å². The van der Waals surface area contributed by atoms with Gasteiger partial charge in [0.15, 0.2) is 0 Å². The van der Waals surface area contributed by atoms with E-state index in [1.54, 1.807) is 0 Å². The molecule has 0 bridgehead atoms. The molecule has 1 nitrogen and oxygen atoms in total. The Kier molecular flexibility index (Phi) is 3.94. The van der Waals surface area contributed by atoms with E-state index in [1.165, 1.54) is 6.42 Å². The van der Waals surface area contributed by atoms with Gasteiger partial charge in [0, 0.05) is 0 Å². The highest BCUT2D eigenvalue weighted by Crippen LogP contribution is 2.39. The van der Waals surface area contributed by atoms with Crippen LogP contribution in [0.5, 0.6) is 0 Å². The van der Waals surface area contributed by atoms with E-state index in [1.807, 2.05) is 24.3 Å². The lowest BCUT2D eigenvalue weighted by Crippen LogP contribution is -2.20. The SMILES string of the molecule is OCc1ccccc1C1CCCCC1CF. The van der Waals surface area contributed by atoms with Crippen LogP contribution >= 0.6 is 0 Å². The lowest BCUT2D eigenvalue weighted by molar-refractivity contribution is 0.238. The molecule has 2 atom stereocenters. The summed E-state index contributed by atoms with van der Waals surface area (Å²) < 4.78 is 13.0. The van der Waals surface area contributed by atoms with E-state index in [4.69, 9.17) is 0 Å². The Morgan fingerprint density at radius 3 is 2.69 bits per heavy atom. The fraction of sp³-hybridized carbons (Fsp3) is 0.571. The minimum absolute atomic E-state index is 0.0612. The Balaban J connectivity index is 2.26. The molecule has 2 unspecified atom stereocenters. The van der Waals surface area contributed by atoms with E-state index in [2.05, 4.69) is 0 Å². The summed E-state index contributed by atoms with van der Waals surface area (Å²) in [5, 5.41) is 9.31. The number of hydrogen-bond acceptors (Lipinski definition) is 1. The van der Waals surface area contributed by atoms with E-state index in [-0.39, 0.29) is 19.2 Å². The van der Waals surface area contributed by atoms with Crippen LogP contribution in [-0.2, 0) is 6.61 Å². The largest absolute Gasteiger partial charge is 0.392 e. The molecule has 1 fully saturated rings. The highest BCUT2D eigenvalue weighted by Gasteiger charge is 2.27. The first-order valence-corrected chi connectivity index (χ1v) is 6.11. The van der Waals surface area contributed by atoms with Gasteiger partial charge >= 0.3 is 0 Å². The van der Waals surface area contributed by atoms with Crippen molar-refractivity contribution in [2.45, 2.75) is 38.2 Å². The molecule has 0 amide bonds. The maximum Gasteiger partial charge on any atom is 0.0928 e. The van der Waals surface area contributed by atoms with E-state index in [0.717, 1.165) is 30.4 Å². The van der Waals surface area contributed by atoms with Gasteiger partial charge in [-0.1, -0.05) is 37.1 Å². The van der Waals surface area contributed by atoms with Crippen molar-refractivity contribution in [1.29, 1.82) is 0 Å². The summed E-state index contributed by atoms with van der Waals surface area (Å²) in [6.07, 6.45) is 4.37. The van der Waals surface area contributed by atoms with Gasteiger partial charge in [-0.2, -0.15) is 0 Å². The predicted molar refractivity (Wildman–Crippen MR) is 63.0 cm³/mol. The molecule has 0 radical (unpaired) electrons. The zero-order valence-corrected chi connectivity index (χ0v) is 9.53. The Morgan fingerprint density at radius 1 is 1.19 bits per heavy atom. The van der Waals surface area contributed by atoms with Crippen molar-refractivity contribution in [2.75, 3.05) is 6.67 Å². The molecule has 2 heteroatoms. The summed E-state index contributed by atoms with van der Waals surface area (Å²) in [6.45, 7) is -0.171. The minimum atomic E-state index is -0.232. The first-order valence-electron chi connectivity index (χ1n) is 6.11. The molecule has 1 aromatic carbocycles. The number of halogens is 1. The molecule has 0 saturated heterocycles. The van der Waals surface area contributed by atoms with Crippen LogP contribution in [0.1, 0.15) is 42.7 Å². The van der Waals surface area contributed by atoms with Gasteiger partial charge in [0.05, 0.1) is 13.3 Å². The van der Waals surface area contributed by atoms with Crippen LogP contribution in [0, 0.1) is 5.92 Å². The monoisotopic (exact) mass is 222 g/mol. The summed E-state index contributed by atoms with van der Waals surface area (Å²) >= 11 is 0. The molecule has 1 aliphatic carbocycles. The molecule has 1 aliphatic rings. The molecule has 2 rings (SSSR count).